The van der Waals surface area contributed by atoms with E-state index in [-0.39, 0.29) is 12.2 Å². The van der Waals surface area contributed by atoms with Gasteiger partial charge in [-0.2, -0.15) is 0 Å². The Kier molecular flexibility index (Phi) is 3.75. The van der Waals surface area contributed by atoms with Gasteiger partial charge >= 0.3 is 5.97 Å². The molecule has 0 radical (unpaired) electrons. The molecule has 2 rings (SSSR count). The molecule has 0 fully saturated rings. The van der Waals surface area contributed by atoms with Crippen LogP contribution in [0.3, 0.4) is 0 Å². The lowest BCUT2D eigenvalue weighted by atomic mass is 10.2. The molecule has 7 heteroatoms. The third-order valence-electron chi connectivity index (χ3n) is 2.40. The quantitative estimate of drug-likeness (QED) is 0.906. The van der Waals surface area contributed by atoms with E-state index in [0.717, 1.165) is 22.0 Å². The highest BCUT2D eigenvalue weighted by Crippen LogP contribution is 2.22. The first-order chi connectivity index (χ1) is 8.97. The van der Waals surface area contributed by atoms with E-state index in [1.807, 2.05) is 6.92 Å². The minimum atomic E-state index is -1.37. The van der Waals surface area contributed by atoms with E-state index < -0.39 is 23.2 Å². The van der Waals surface area contributed by atoms with Crippen molar-refractivity contribution in [2.24, 2.45) is 0 Å². The average Bonchev–Trinajstić information content (AvgIpc) is 2.73. The van der Waals surface area contributed by atoms with Gasteiger partial charge in [0.1, 0.15) is 17.3 Å². The topological polar surface area (TPSA) is 62.2 Å². The van der Waals surface area contributed by atoms with Gasteiger partial charge < -0.3 is 10.4 Å². The van der Waals surface area contributed by atoms with E-state index in [0.29, 0.717) is 0 Å². The van der Waals surface area contributed by atoms with Gasteiger partial charge in [0.15, 0.2) is 0 Å². The van der Waals surface area contributed by atoms with Gasteiger partial charge in [-0.05, 0) is 19.1 Å². The third kappa shape index (κ3) is 3.05. The fourth-order valence-corrected chi connectivity index (χ4v) is 2.26. The van der Waals surface area contributed by atoms with Crippen LogP contribution in [0.25, 0.3) is 0 Å². The molecule has 1 aromatic heterocycles. The molecular formula is C12H10F2N2O2S. The van der Waals surface area contributed by atoms with Crippen LogP contribution in [0, 0.1) is 18.6 Å². The number of aromatic carboxylic acids is 1. The number of thiazole rings is 1. The average molecular weight is 284 g/mol. The molecule has 1 heterocycles. The van der Waals surface area contributed by atoms with E-state index >= 15 is 0 Å². The van der Waals surface area contributed by atoms with Crippen LogP contribution in [0.15, 0.2) is 18.3 Å². The van der Waals surface area contributed by atoms with Gasteiger partial charge in [0.05, 0.1) is 17.1 Å². The van der Waals surface area contributed by atoms with Crippen LogP contribution in [0.1, 0.15) is 20.2 Å². The zero-order valence-electron chi connectivity index (χ0n) is 9.91. The van der Waals surface area contributed by atoms with Crippen molar-refractivity contribution in [3.63, 3.8) is 0 Å². The molecule has 4 nitrogen and oxygen atoms in total. The van der Waals surface area contributed by atoms with Gasteiger partial charge in [0, 0.05) is 11.1 Å². The standard InChI is InChI=1S/C12H10F2N2O2S/c1-6-15-4-8(19-6)5-16-11-9(13)2-7(12(17)18)3-10(11)14/h2-4,16H,5H2,1H3,(H,17,18). The van der Waals surface area contributed by atoms with E-state index in [1.165, 1.54) is 11.3 Å². The van der Waals surface area contributed by atoms with Crippen LogP contribution < -0.4 is 5.32 Å². The number of carbonyl (C=O) groups is 1. The number of hydrogen-bond acceptors (Lipinski definition) is 4. The second kappa shape index (κ2) is 5.31. The second-order valence-electron chi connectivity index (χ2n) is 3.82. The maximum Gasteiger partial charge on any atom is 0.335 e. The zero-order chi connectivity index (χ0) is 14.0. The molecule has 0 aliphatic heterocycles. The minimum Gasteiger partial charge on any atom is -0.478 e. The molecule has 0 aliphatic carbocycles. The SMILES string of the molecule is Cc1ncc(CNc2c(F)cc(C(=O)O)cc2F)s1. The van der Waals surface area contributed by atoms with Crippen molar-refractivity contribution in [2.45, 2.75) is 13.5 Å². The van der Waals surface area contributed by atoms with Gasteiger partial charge in [-0.3, -0.25) is 0 Å². The molecule has 19 heavy (non-hydrogen) atoms. The molecule has 0 atom stereocenters. The van der Waals surface area contributed by atoms with E-state index in [2.05, 4.69) is 10.3 Å². The summed E-state index contributed by atoms with van der Waals surface area (Å²) in [5.41, 5.74) is -0.759. The molecule has 100 valence electrons. The summed E-state index contributed by atoms with van der Waals surface area (Å²) in [5, 5.41) is 12.1. The lowest BCUT2D eigenvalue weighted by Gasteiger charge is -2.08. The maximum absolute atomic E-state index is 13.6. The van der Waals surface area contributed by atoms with Crippen molar-refractivity contribution < 1.29 is 18.7 Å². The molecule has 2 aromatic rings. The van der Waals surface area contributed by atoms with Crippen LogP contribution in [-0.2, 0) is 6.54 Å². The molecule has 0 unspecified atom stereocenters. The molecule has 0 spiro atoms. The van der Waals surface area contributed by atoms with E-state index in [4.69, 9.17) is 5.11 Å². The van der Waals surface area contributed by atoms with Gasteiger partial charge in [-0.15, -0.1) is 11.3 Å². The fourth-order valence-electron chi connectivity index (χ4n) is 1.53. The third-order valence-corrected chi connectivity index (χ3v) is 3.31. The predicted molar refractivity (Wildman–Crippen MR) is 67.5 cm³/mol. The number of benzene rings is 1. The number of anilines is 1. The molecule has 1 aromatic carbocycles. The first-order valence-corrected chi connectivity index (χ1v) is 6.16. The van der Waals surface area contributed by atoms with E-state index in [9.17, 15) is 13.6 Å². The first kappa shape index (κ1) is 13.4. The maximum atomic E-state index is 13.6. The molecule has 0 saturated heterocycles. The van der Waals surface area contributed by atoms with Crippen LogP contribution in [-0.4, -0.2) is 16.1 Å². The number of halogens is 2. The summed E-state index contributed by atoms with van der Waals surface area (Å²) in [7, 11) is 0. The lowest BCUT2D eigenvalue weighted by Crippen LogP contribution is -2.06. The largest absolute Gasteiger partial charge is 0.478 e. The highest BCUT2D eigenvalue weighted by atomic mass is 32.1. The molecular weight excluding hydrogens is 274 g/mol. The summed E-state index contributed by atoms with van der Waals surface area (Å²) in [5.74, 6) is -3.24. The molecule has 0 aliphatic rings. The van der Waals surface area contributed by atoms with E-state index in [1.54, 1.807) is 6.20 Å². The summed E-state index contributed by atoms with van der Waals surface area (Å²) in [6, 6.07) is 1.57. The molecule has 0 amide bonds. The monoisotopic (exact) mass is 284 g/mol. The van der Waals surface area contributed by atoms with Crippen LogP contribution in [0.4, 0.5) is 14.5 Å². The second-order valence-corrected chi connectivity index (χ2v) is 5.14. The fraction of sp³-hybridized carbons (Fsp3) is 0.167. The molecule has 0 saturated carbocycles. The summed E-state index contributed by atoms with van der Waals surface area (Å²) >= 11 is 1.41. The van der Waals surface area contributed by atoms with Gasteiger partial charge in [0.2, 0.25) is 0 Å². The highest BCUT2D eigenvalue weighted by molar-refractivity contribution is 7.11. The number of carboxylic acids is 1. The van der Waals surface area contributed by atoms with Crippen molar-refractivity contribution in [3.8, 4) is 0 Å². The highest BCUT2D eigenvalue weighted by Gasteiger charge is 2.14. The predicted octanol–water partition coefficient (Wildman–Crippen LogP) is 3.04. The minimum absolute atomic E-state index is 0.228. The number of carboxylic acid groups (broad SMARTS) is 1. The smallest absolute Gasteiger partial charge is 0.335 e. The Morgan fingerprint density at radius 2 is 2.05 bits per heavy atom. The van der Waals surface area contributed by atoms with Crippen molar-refractivity contribution in [3.05, 3.63) is 45.4 Å². The Balaban J connectivity index is 2.18. The summed E-state index contributed by atoms with van der Waals surface area (Å²) in [6.07, 6.45) is 1.62. The number of rotatable bonds is 4. The van der Waals surface area contributed by atoms with Crippen molar-refractivity contribution in [1.82, 2.24) is 4.98 Å². The number of nitrogens with one attached hydrogen (secondary N) is 1. The number of nitrogens with zero attached hydrogens (tertiary/aromatic N) is 1. The Hall–Kier alpha value is -2.02. The number of hydrogen-bond donors (Lipinski definition) is 2. The number of aromatic nitrogens is 1. The van der Waals surface area contributed by atoms with Crippen molar-refractivity contribution in [2.75, 3.05) is 5.32 Å². The first-order valence-electron chi connectivity index (χ1n) is 5.35. The lowest BCUT2D eigenvalue weighted by molar-refractivity contribution is 0.0696. The van der Waals surface area contributed by atoms with Crippen molar-refractivity contribution in [1.29, 1.82) is 0 Å². The van der Waals surface area contributed by atoms with Crippen molar-refractivity contribution >= 4 is 23.0 Å². The summed E-state index contributed by atoms with van der Waals surface area (Å²) in [4.78, 5) is 15.5. The van der Waals surface area contributed by atoms with Gasteiger partial charge in [-0.25, -0.2) is 18.6 Å². The van der Waals surface area contributed by atoms with Crippen LogP contribution >= 0.6 is 11.3 Å². The zero-order valence-corrected chi connectivity index (χ0v) is 10.7. The summed E-state index contributed by atoms with van der Waals surface area (Å²) in [6.45, 7) is 2.06. The Morgan fingerprint density at radius 3 is 2.53 bits per heavy atom. The Morgan fingerprint density at radius 1 is 1.42 bits per heavy atom. The van der Waals surface area contributed by atoms with Crippen LogP contribution in [0.2, 0.25) is 0 Å². The van der Waals surface area contributed by atoms with Gasteiger partial charge in [-0.1, -0.05) is 0 Å². The van der Waals surface area contributed by atoms with Gasteiger partial charge in [0.25, 0.3) is 0 Å². The number of aryl methyl sites for hydroxylation is 1. The molecule has 2 N–H and O–H groups in total. The summed E-state index contributed by atoms with van der Waals surface area (Å²) < 4.78 is 27.2. The normalized spacial score (nSPS) is 10.5. The molecule has 0 bridgehead atoms. The van der Waals surface area contributed by atoms with Crippen LogP contribution in [0.5, 0.6) is 0 Å². The Bertz CT molecular complexity index is 605. The Labute approximate surface area is 111 Å².